The van der Waals surface area contributed by atoms with Crippen molar-refractivity contribution in [2.75, 3.05) is 10.6 Å². The maximum atomic E-state index is 4.80. The van der Waals surface area contributed by atoms with Gasteiger partial charge in [0.1, 0.15) is 5.82 Å². The molecule has 0 radical (unpaired) electrons. The van der Waals surface area contributed by atoms with Crippen molar-refractivity contribution >= 4 is 28.5 Å². The van der Waals surface area contributed by atoms with Gasteiger partial charge in [0.2, 0.25) is 5.95 Å². The van der Waals surface area contributed by atoms with Gasteiger partial charge in [-0.05, 0) is 49.2 Å². The molecule has 0 aliphatic heterocycles. The highest BCUT2D eigenvalue weighted by Crippen LogP contribution is 2.27. The molecule has 32 heavy (non-hydrogen) atoms. The van der Waals surface area contributed by atoms with E-state index in [0.29, 0.717) is 18.3 Å². The van der Waals surface area contributed by atoms with E-state index in [1.54, 1.807) is 0 Å². The molecule has 0 aliphatic rings. The molecule has 0 fully saturated rings. The van der Waals surface area contributed by atoms with E-state index in [4.69, 9.17) is 9.97 Å². The predicted octanol–water partition coefficient (Wildman–Crippen LogP) is 5.79. The van der Waals surface area contributed by atoms with Crippen LogP contribution in [-0.2, 0) is 6.54 Å². The molecule has 2 N–H and O–H groups in total. The standard InChI is InChI=1S/C26H24N6/c1-18-11-13-20(14-12-18)16-27-26-30-24(29-21-8-6-7-19(2)15-21)23-17-28-32(25(23)31-26)22-9-4-3-5-10-22/h3-15,17H,16H2,1-2H3,(H2,27,29,30,31). The number of anilines is 3. The molecule has 0 bridgehead atoms. The third-order valence-corrected chi connectivity index (χ3v) is 5.28. The molecule has 3 aromatic carbocycles. The molecule has 0 saturated heterocycles. The van der Waals surface area contributed by atoms with Crippen LogP contribution in [0.4, 0.5) is 17.5 Å². The first-order chi connectivity index (χ1) is 15.7. The van der Waals surface area contributed by atoms with Gasteiger partial charge in [-0.2, -0.15) is 15.1 Å². The van der Waals surface area contributed by atoms with Crippen LogP contribution in [0.2, 0.25) is 0 Å². The second-order valence-electron chi connectivity index (χ2n) is 7.86. The van der Waals surface area contributed by atoms with Crippen molar-refractivity contribution in [3.05, 3.63) is 102 Å². The van der Waals surface area contributed by atoms with Crippen LogP contribution in [-0.4, -0.2) is 19.7 Å². The highest BCUT2D eigenvalue weighted by Gasteiger charge is 2.14. The van der Waals surface area contributed by atoms with Gasteiger partial charge in [0.15, 0.2) is 5.65 Å². The largest absolute Gasteiger partial charge is 0.350 e. The molecule has 0 spiro atoms. The summed E-state index contributed by atoms with van der Waals surface area (Å²) in [5, 5.41) is 12.3. The van der Waals surface area contributed by atoms with E-state index in [0.717, 1.165) is 22.4 Å². The number of aromatic nitrogens is 4. The Labute approximate surface area is 187 Å². The van der Waals surface area contributed by atoms with Crippen molar-refractivity contribution in [2.24, 2.45) is 0 Å². The van der Waals surface area contributed by atoms with Crippen LogP contribution >= 0.6 is 0 Å². The zero-order valence-electron chi connectivity index (χ0n) is 18.1. The van der Waals surface area contributed by atoms with Crippen LogP contribution in [0.15, 0.2) is 85.1 Å². The fourth-order valence-corrected chi connectivity index (χ4v) is 3.59. The van der Waals surface area contributed by atoms with Gasteiger partial charge in [-0.25, -0.2) is 4.68 Å². The van der Waals surface area contributed by atoms with Crippen LogP contribution < -0.4 is 10.6 Å². The van der Waals surface area contributed by atoms with Crippen LogP contribution in [0.1, 0.15) is 16.7 Å². The van der Waals surface area contributed by atoms with Gasteiger partial charge in [0.05, 0.1) is 17.3 Å². The molecule has 2 heterocycles. The monoisotopic (exact) mass is 420 g/mol. The lowest BCUT2D eigenvalue weighted by molar-refractivity contribution is 0.894. The first kappa shape index (κ1) is 19.8. The minimum atomic E-state index is 0.547. The summed E-state index contributed by atoms with van der Waals surface area (Å²) in [7, 11) is 0. The molecular formula is C26H24N6. The Kier molecular flexibility index (Phi) is 5.25. The topological polar surface area (TPSA) is 67.7 Å². The first-order valence-corrected chi connectivity index (χ1v) is 10.6. The molecule has 6 nitrogen and oxygen atoms in total. The van der Waals surface area contributed by atoms with E-state index in [1.165, 1.54) is 16.7 Å². The molecule has 6 heteroatoms. The van der Waals surface area contributed by atoms with E-state index < -0.39 is 0 Å². The van der Waals surface area contributed by atoms with E-state index in [1.807, 2.05) is 53.3 Å². The minimum absolute atomic E-state index is 0.547. The third-order valence-electron chi connectivity index (χ3n) is 5.28. The molecule has 158 valence electrons. The van der Waals surface area contributed by atoms with Crippen LogP contribution in [0.3, 0.4) is 0 Å². The Morgan fingerprint density at radius 1 is 0.812 bits per heavy atom. The highest BCUT2D eigenvalue weighted by molar-refractivity contribution is 5.90. The van der Waals surface area contributed by atoms with Gasteiger partial charge >= 0.3 is 0 Å². The second-order valence-corrected chi connectivity index (χ2v) is 7.86. The summed E-state index contributed by atoms with van der Waals surface area (Å²) >= 11 is 0. The lowest BCUT2D eigenvalue weighted by atomic mass is 10.1. The molecule has 0 amide bonds. The van der Waals surface area contributed by atoms with Gasteiger partial charge in [-0.3, -0.25) is 0 Å². The molecular weight excluding hydrogens is 396 g/mol. The molecule has 0 aliphatic carbocycles. The molecule has 5 aromatic rings. The smallest absolute Gasteiger partial charge is 0.227 e. The van der Waals surface area contributed by atoms with Crippen LogP contribution in [0, 0.1) is 13.8 Å². The van der Waals surface area contributed by atoms with Gasteiger partial charge in [0.25, 0.3) is 0 Å². The van der Waals surface area contributed by atoms with E-state index in [9.17, 15) is 0 Å². The normalized spacial score (nSPS) is 10.9. The Morgan fingerprint density at radius 2 is 1.62 bits per heavy atom. The van der Waals surface area contributed by atoms with Crippen LogP contribution in [0.5, 0.6) is 0 Å². The number of hydrogen-bond acceptors (Lipinski definition) is 5. The number of rotatable bonds is 6. The summed E-state index contributed by atoms with van der Waals surface area (Å²) in [6.45, 7) is 4.79. The Hall–Kier alpha value is -4.19. The van der Waals surface area contributed by atoms with Crippen molar-refractivity contribution in [3.63, 3.8) is 0 Å². The average Bonchev–Trinajstić information content (AvgIpc) is 3.24. The molecule has 0 saturated carbocycles. The van der Waals surface area contributed by atoms with Crippen molar-refractivity contribution in [3.8, 4) is 5.69 Å². The quantitative estimate of drug-likeness (QED) is 0.364. The number of nitrogens with zero attached hydrogens (tertiary/aromatic N) is 4. The zero-order chi connectivity index (χ0) is 21.9. The van der Waals surface area contributed by atoms with Crippen LogP contribution in [0.25, 0.3) is 16.7 Å². The van der Waals surface area contributed by atoms with Gasteiger partial charge < -0.3 is 10.6 Å². The van der Waals surface area contributed by atoms with Crippen molar-refractivity contribution in [1.82, 2.24) is 19.7 Å². The second kappa shape index (κ2) is 8.51. The van der Waals surface area contributed by atoms with E-state index in [-0.39, 0.29) is 0 Å². The molecule has 0 atom stereocenters. The van der Waals surface area contributed by atoms with Crippen molar-refractivity contribution in [2.45, 2.75) is 20.4 Å². The SMILES string of the molecule is Cc1ccc(CNc2nc(Nc3cccc(C)c3)c3cnn(-c4ccccc4)c3n2)cc1. The fourth-order valence-electron chi connectivity index (χ4n) is 3.59. The Balaban J connectivity index is 1.55. The average molecular weight is 421 g/mol. The van der Waals surface area contributed by atoms with Gasteiger partial charge in [0, 0.05) is 12.2 Å². The summed E-state index contributed by atoms with van der Waals surface area (Å²) in [5.74, 6) is 1.26. The number of hydrogen-bond donors (Lipinski definition) is 2. The van der Waals surface area contributed by atoms with Gasteiger partial charge in [-0.15, -0.1) is 0 Å². The van der Waals surface area contributed by atoms with E-state index in [2.05, 4.69) is 66.0 Å². The molecule has 2 aromatic heterocycles. The number of nitrogens with one attached hydrogen (secondary N) is 2. The van der Waals surface area contributed by atoms with E-state index >= 15 is 0 Å². The predicted molar refractivity (Wildman–Crippen MR) is 130 cm³/mol. The first-order valence-electron chi connectivity index (χ1n) is 10.6. The summed E-state index contributed by atoms with van der Waals surface area (Å²) in [6.07, 6.45) is 1.81. The summed E-state index contributed by atoms with van der Waals surface area (Å²) in [5.41, 5.74) is 6.26. The summed E-state index contributed by atoms with van der Waals surface area (Å²) in [6, 6.07) is 26.7. The summed E-state index contributed by atoms with van der Waals surface area (Å²) < 4.78 is 1.84. The highest BCUT2D eigenvalue weighted by atomic mass is 15.3. The van der Waals surface area contributed by atoms with Crippen molar-refractivity contribution in [1.29, 1.82) is 0 Å². The molecule has 5 rings (SSSR count). The maximum Gasteiger partial charge on any atom is 0.227 e. The lowest BCUT2D eigenvalue weighted by Gasteiger charge is -2.12. The fraction of sp³-hybridized carbons (Fsp3) is 0.115. The minimum Gasteiger partial charge on any atom is -0.350 e. The zero-order valence-corrected chi connectivity index (χ0v) is 18.1. The Morgan fingerprint density at radius 3 is 2.41 bits per heavy atom. The third kappa shape index (κ3) is 4.16. The maximum absolute atomic E-state index is 4.80. The number of benzene rings is 3. The number of para-hydroxylation sites is 1. The molecule has 0 unspecified atom stereocenters. The number of fused-ring (bicyclic) bond motifs is 1. The number of aryl methyl sites for hydroxylation is 2. The van der Waals surface area contributed by atoms with Gasteiger partial charge in [-0.1, -0.05) is 60.2 Å². The summed E-state index contributed by atoms with van der Waals surface area (Å²) in [4.78, 5) is 9.58. The van der Waals surface area contributed by atoms with Crippen molar-refractivity contribution < 1.29 is 0 Å². The Bertz CT molecular complexity index is 1360. The lowest BCUT2D eigenvalue weighted by Crippen LogP contribution is -2.07.